The Morgan fingerprint density at radius 2 is 0.733 bits per heavy atom. The number of rotatable bonds is 3. The second-order valence-electron chi connectivity index (χ2n) is 3.05. The zero-order valence-corrected chi connectivity index (χ0v) is 7.65. The molecule has 0 bridgehead atoms. The fourth-order valence-corrected chi connectivity index (χ4v) is 1.15. The molecule has 0 aliphatic carbocycles. The van der Waals surface area contributed by atoms with Crippen LogP contribution in [-0.4, -0.2) is 30.6 Å². The van der Waals surface area contributed by atoms with E-state index in [4.69, 9.17) is 30.6 Å². The second-order valence-corrected chi connectivity index (χ2v) is 3.05. The molecule has 0 saturated carbocycles. The average Bonchev–Trinajstić information content (AvgIpc) is 2.16. The Balaban J connectivity index is 3.20. The van der Waals surface area contributed by atoms with Crippen molar-refractivity contribution in [3.63, 3.8) is 0 Å². The molecule has 0 fully saturated rings. The van der Waals surface area contributed by atoms with Crippen molar-refractivity contribution in [1.29, 1.82) is 0 Å². The predicted octanol–water partition coefficient (Wildman–Crippen LogP) is -1.36. The van der Waals surface area contributed by atoms with Crippen molar-refractivity contribution in [2.75, 3.05) is 0 Å². The molecular formula is C9H12O6. The lowest BCUT2D eigenvalue weighted by molar-refractivity contribution is -0.0524. The molecule has 6 nitrogen and oxygen atoms in total. The molecule has 1 aromatic carbocycles. The SMILES string of the molecule is OC(O)c1cc(C(O)O)cc(C(O)O)c1. The van der Waals surface area contributed by atoms with E-state index in [-0.39, 0.29) is 16.7 Å². The van der Waals surface area contributed by atoms with Crippen molar-refractivity contribution in [3.05, 3.63) is 34.9 Å². The molecule has 0 spiro atoms. The summed E-state index contributed by atoms with van der Waals surface area (Å²) >= 11 is 0. The van der Waals surface area contributed by atoms with Gasteiger partial charge in [-0.15, -0.1) is 0 Å². The van der Waals surface area contributed by atoms with Crippen LogP contribution in [-0.2, 0) is 0 Å². The Bertz CT molecular complexity index is 269. The quantitative estimate of drug-likeness (QED) is 0.347. The Morgan fingerprint density at radius 1 is 0.533 bits per heavy atom. The summed E-state index contributed by atoms with van der Waals surface area (Å²) in [5.74, 6) is 0. The van der Waals surface area contributed by atoms with E-state index in [9.17, 15) is 0 Å². The van der Waals surface area contributed by atoms with Crippen LogP contribution in [0.1, 0.15) is 35.6 Å². The molecule has 0 radical (unpaired) electrons. The van der Waals surface area contributed by atoms with Crippen LogP contribution in [0, 0.1) is 0 Å². The Hall–Kier alpha value is -1.02. The topological polar surface area (TPSA) is 121 Å². The predicted molar refractivity (Wildman–Crippen MR) is 48.0 cm³/mol. The van der Waals surface area contributed by atoms with E-state index in [0.717, 1.165) is 18.2 Å². The van der Waals surface area contributed by atoms with Gasteiger partial charge in [0.05, 0.1) is 0 Å². The molecular weight excluding hydrogens is 204 g/mol. The van der Waals surface area contributed by atoms with Gasteiger partial charge in [0.1, 0.15) is 0 Å². The lowest BCUT2D eigenvalue weighted by Crippen LogP contribution is -2.05. The zero-order valence-electron chi connectivity index (χ0n) is 7.65. The van der Waals surface area contributed by atoms with Crippen molar-refractivity contribution in [1.82, 2.24) is 0 Å². The smallest absolute Gasteiger partial charge is 0.178 e. The van der Waals surface area contributed by atoms with Gasteiger partial charge in [0.15, 0.2) is 18.9 Å². The zero-order chi connectivity index (χ0) is 11.6. The van der Waals surface area contributed by atoms with Crippen LogP contribution in [0.2, 0.25) is 0 Å². The number of benzene rings is 1. The molecule has 6 N–H and O–H groups in total. The number of aliphatic hydroxyl groups excluding tert-OH is 3. The molecule has 6 heteroatoms. The van der Waals surface area contributed by atoms with E-state index in [1.165, 1.54) is 0 Å². The van der Waals surface area contributed by atoms with Gasteiger partial charge in [0, 0.05) is 16.7 Å². The van der Waals surface area contributed by atoms with E-state index >= 15 is 0 Å². The summed E-state index contributed by atoms with van der Waals surface area (Å²) in [6.45, 7) is 0. The highest BCUT2D eigenvalue weighted by molar-refractivity contribution is 5.32. The van der Waals surface area contributed by atoms with Crippen LogP contribution in [0.4, 0.5) is 0 Å². The van der Waals surface area contributed by atoms with Crippen molar-refractivity contribution < 1.29 is 30.6 Å². The lowest BCUT2D eigenvalue weighted by Gasteiger charge is -2.13. The molecule has 0 atom stereocenters. The third kappa shape index (κ3) is 2.96. The molecule has 15 heavy (non-hydrogen) atoms. The van der Waals surface area contributed by atoms with Gasteiger partial charge in [-0.1, -0.05) is 0 Å². The van der Waals surface area contributed by atoms with E-state index in [2.05, 4.69) is 0 Å². The maximum absolute atomic E-state index is 8.87. The summed E-state index contributed by atoms with van der Waals surface area (Å²) in [5.41, 5.74) is -0.156. The Kier molecular flexibility index (Phi) is 3.75. The van der Waals surface area contributed by atoms with Gasteiger partial charge in [-0.05, 0) is 18.2 Å². The summed E-state index contributed by atoms with van der Waals surface area (Å²) < 4.78 is 0. The molecule has 0 saturated heterocycles. The lowest BCUT2D eigenvalue weighted by atomic mass is 10.0. The third-order valence-electron chi connectivity index (χ3n) is 1.89. The first-order valence-electron chi connectivity index (χ1n) is 4.15. The highest BCUT2D eigenvalue weighted by atomic mass is 16.5. The summed E-state index contributed by atoms with van der Waals surface area (Å²) in [4.78, 5) is 0. The monoisotopic (exact) mass is 216 g/mol. The number of hydrogen-bond acceptors (Lipinski definition) is 6. The number of hydrogen-bond donors (Lipinski definition) is 6. The van der Waals surface area contributed by atoms with Crippen LogP contribution in [0.3, 0.4) is 0 Å². The van der Waals surface area contributed by atoms with Gasteiger partial charge in [-0.3, -0.25) is 0 Å². The molecule has 0 aliphatic rings. The normalized spacial score (nSPS) is 11.8. The fraction of sp³-hybridized carbons (Fsp3) is 0.333. The second kappa shape index (κ2) is 4.67. The first-order chi connectivity index (χ1) is 6.91. The molecule has 0 amide bonds. The average molecular weight is 216 g/mol. The van der Waals surface area contributed by atoms with Crippen LogP contribution < -0.4 is 0 Å². The Labute approximate surface area is 85.3 Å². The molecule has 1 rings (SSSR count). The minimum absolute atomic E-state index is 0.0521. The van der Waals surface area contributed by atoms with Crippen LogP contribution >= 0.6 is 0 Å². The van der Waals surface area contributed by atoms with Crippen molar-refractivity contribution in [2.45, 2.75) is 18.9 Å². The summed E-state index contributed by atoms with van der Waals surface area (Å²) in [7, 11) is 0. The van der Waals surface area contributed by atoms with Crippen molar-refractivity contribution in [2.24, 2.45) is 0 Å². The minimum Gasteiger partial charge on any atom is -0.364 e. The molecule has 0 aliphatic heterocycles. The van der Waals surface area contributed by atoms with Gasteiger partial charge in [0.2, 0.25) is 0 Å². The highest BCUT2D eigenvalue weighted by Gasteiger charge is 2.13. The van der Waals surface area contributed by atoms with Gasteiger partial charge in [0.25, 0.3) is 0 Å². The highest BCUT2D eigenvalue weighted by Crippen LogP contribution is 2.22. The van der Waals surface area contributed by atoms with E-state index < -0.39 is 18.9 Å². The maximum Gasteiger partial charge on any atom is 0.178 e. The number of aliphatic hydroxyl groups is 6. The van der Waals surface area contributed by atoms with Gasteiger partial charge < -0.3 is 30.6 Å². The summed E-state index contributed by atoms with van der Waals surface area (Å²) in [5, 5.41) is 53.2. The third-order valence-corrected chi connectivity index (χ3v) is 1.89. The Morgan fingerprint density at radius 3 is 0.867 bits per heavy atom. The fourth-order valence-electron chi connectivity index (χ4n) is 1.15. The van der Waals surface area contributed by atoms with Gasteiger partial charge >= 0.3 is 0 Å². The molecule has 1 aromatic rings. The molecule has 0 heterocycles. The van der Waals surface area contributed by atoms with Crippen molar-refractivity contribution >= 4 is 0 Å². The molecule has 0 unspecified atom stereocenters. The van der Waals surface area contributed by atoms with Crippen molar-refractivity contribution in [3.8, 4) is 0 Å². The van der Waals surface area contributed by atoms with Crippen LogP contribution in [0.5, 0.6) is 0 Å². The van der Waals surface area contributed by atoms with Crippen LogP contribution in [0.25, 0.3) is 0 Å². The minimum atomic E-state index is -1.82. The molecule has 84 valence electrons. The largest absolute Gasteiger partial charge is 0.364 e. The van der Waals surface area contributed by atoms with Gasteiger partial charge in [-0.25, -0.2) is 0 Å². The van der Waals surface area contributed by atoms with E-state index in [0.29, 0.717) is 0 Å². The maximum atomic E-state index is 8.87. The first-order valence-corrected chi connectivity index (χ1v) is 4.15. The first kappa shape index (κ1) is 12.1. The summed E-state index contributed by atoms with van der Waals surface area (Å²) in [6, 6.07) is 3.42. The van der Waals surface area contributed by atoms with Crippen LogP contribution in [0.15, 0.2) is 18.2 Å². The standard InChI is InChI=1S/C9H12O6/c10-7(11)4-1-5(8(12)13)3-6(2-4)9(14)15/h1-3,7-15H. The molecule has 0 aromatic heterocycles. The van der Waals surface area contributed by atoms with Gasteiger partial charge in [-0.2, -0.15) is 0 Å². The van der Waals surface area contributed by atoms with E-state index in [1.807, 2.05) is 0 Å². The summed E-state index contributed by atoms with van der Waals surface area (Å²) in [6.07, 6.45) is -5.46. The van der Waals surface area contributed by atoms with E-state index in [1.54, 1.807) is 0 Å².